The minimum Gasteiger partial charge on any atom is -0.483 e. The van der Waals surface area contributed by atoms with Crippen molar-refractivity contribution in [1.29, 1.82) is 0 Å². The lowest BCUT2D eigenvalue weighted by atomic mass is 9.68. The molecule has 8 nitrogen and oxygen atoms in total. The van der Waals surface area contributed by atoms with Crippen LogP contribution < -0.4 is 19.8 Å². The number of carbonyl (C=O) groups is 3. The molecule has 1 aromatic heterocycles. The van der Waals surface area contributed by atoms with Gasteiger partial charge in [-0.05, 0) is 78.8 Å². The van der Waals surface area contributed by atoms with Gasteiger partial charge >= 0.3 is 11.0 Å². The summed E-state index contributed by atoms with van der Waals surface area (Å²) in [4.78, 5) is 58.3. The van der Waals surface area contributed by atoms with Crippen LogP contribution in [-0.2, 0) is 20.6 Å². The van der Waals surface area contributed by atoms with Gasteiger partial charge < -0.3 is 15.0 Å². The number of para-hydroxylation sites is 1. The first-order valence-electron chi connectivity index (χ1n) is 15.3. The zero-order valence-electron chi connectivity index (χ0n) is 25.0. The molecule has 6 unspecified atom stereocenters. The fourth-order valence-electron chi connectivity index (χ4n) is 8.27. The van der Waals surface area contributed by atoms with Crippen LogP contribution in [0.4, 0.5) is 24.5 Å². The molecule has 0 radical (unpaired) electrons. The van der Waals surface area contributed by atoms with Gasteiger partial charge in [-0.2, -0.15) is 13.2 Å². The predicted molar refractivity (Wildman–Crippen MR) is 182 cm³/mol. The van der Waals surface area contributed by atoms with Crippen LogP contribution in [-0.4, -0.2) is 34.6 Å². The summed E-state index contributed by atoms with van der Waals surface area (Å²) in [6, 6.07) is 16.6. The van der Waals surface area contributed by atoms with Crippen LogP contribution in [0.1, 0.15) is 28.3 Å². The van der Waals surface area contributed by atoms with Gasteiger partial charge in [0.25, 0.3) is 5.91 Å². The number of halogens is 5. The number of anilines is 2. The van der Waals surface area contributed by atoms with Crippen molar-refractivity contribution >= 4 is 79.7 Å². The Labute approximate surface area is 298 Å². The number of nitrogens with zero attached hydrogens (tertiary/aromatic N) is 1. The molecule has 3 aromatic carbocycles. The number of fused-ring (bicyclic) bond motifs is 9. The number of thiazole rings is 1. The maximum atomic E-state index is 14.0. The Morgan fingerprint density at radius 2 is 1.73 bits per heavy atom. The van der Waals surface area contributed by atoms with Crippen LogP contribution in [0.2, 0.25) is 5.02 Å². The molecule has 3 fully saturated rings. The van der Waals surface area contributed by atoms with Crippen LogP contribution in [0.25, 0.3) is 0 Å². The average Bonchev–Trinajstić information content (AvgIpc) is 3.79. The second-order valence-electron chi connectivity index (χ2n) is 12.5. The van der Waals surface area contributed by atoms with E-state index >= 15 is 0 Å². The minimum atomic E-state index is -4.67. The van der Waals surface area contributed by atoms with E-state index in [0.717, 1.165) is 26.8 Å². The van der Waals surface area contributed by atoms with E-state index < -0.39 is 47.7 Å². The number of hydrogen-bond donors (Lipinski definition) is 2. The first-order valence-corrected chi connectivity index (χ1v) is 18.2. The normalized spacial score (nSPS) is 26.8. The quantitative estimate of drug-likeness (QED) is 0.195. The fraction of sp³-hybridized carbons (Fsp3) is 0.294. The van der Waals surface area contributed by atoms with Crippen LogP contribution in [0.3, 0.4) is 0 Å². The van der Waals surface area contributed by atoms with E-state index in [0.29, 0.717) is 27.7 Å². The van der Waals surface area contributed by atoms with Gasteiger partial charge in [-0.25, -0.2) is 0 Å². The molecule has 252 valence electrons. The van der Waals surface area contributed by atoms with Crippen molar-refractivity contribution in [3.63, 3.8) is 0 Å². The van der Waals surface area contributed by atoms with E-state index in [4.69, 9.17) is 16.3 Å². The summed E-state index contributed by atoms with van der Waals surface area (Å²) in [6.45, 7) is -0.599. The molecule has 4 aliphatic rings. The molecule has 1 saturated heterocycles. The fourth-order valence-corrected chi connectivity index (χ4v) is 11.6. The SMILES string of the molecule is O=C(COc1ccc(Cl)cc1[C@H]1c2sc(=O)[nH]c2SC2C3CC(C4C(=O)N(c5ccc(Br)cc5)C(=O)C34)C21)Nc1ccccc1C(F)(F)F. The van der Waals surface area contributed by atoms with E-state index in [1.807, 2.05) is 0 Å². The molecule has 3 heterocycles. The molecule has 8 rings (SSSR count). The van der Waals surface area contributed by atoms with Crippen molar-refractivity contribution in [2.24, 2.45) is 29.6 Å². The standard InChI is InChI=1S/C34H24BrClF3N3O5S2/c35-14-5-8-16(9-6-14)42-31(44)26-18-12-19(27(26)32(42)45)28-25(18)24(29-30(48-28)41-33(46)49-29)17-11-15(36)7-10-22(17)47-13-23(43)40-21-4-2-1-3-20(21)34(37,38)39/h1-11,18-19,24-28H,12-13H2,(H,40,43)(H,41,46)/t18?,19?,24-,25?,26?,27?,28?/m1/s1. The van der Waals surface area contributed by atoms with Crippen molar-refractivity contribution in [3.8, 4) is 5.75 Å². The largest absolute Gasteiger partial charge is 0.483 e. The summed E-state index contributed by atoms with van der Waals surface area (Å²) in [5.41, 5.74) is -0.264. The van der Waals surface area contributed by atoms with Gasteiger partial charge in [-0.15, -0.1) is 11.8 Å². The molecule has 49 heavy (non-hydrogen) atoms. The second kappa shape index (κ2) is 12.0. The number of imide groups is 1. The van der Waals surface area contributed by atoms with Gasteiger partial charge in [0, 0.05) is 31.1 Å². The number of hydrogen-bond acceptors (Lipinski definition) is 7. The van der Waals surface area contributed by atoms with Gasteiger partial charge in [0.05, 0.1) is 33.8 Å². The van der Waals surface area contributed by atoms with Crippen molar-refractivity contribution in [3.05, 3.63) is 102 Å². The molecule has 2 N–H and O–H groups in total. The van der Waals surface area contributed by atoms with Crippen molar-refractivity contribution in [1.82, 2.24) is 4.98 Å². The Bertz CT molecular complexity index is 2090. The molecular weight excluding hydrogens is 767 g/mol. The zero-order valence-corrected chi connectivity index (χ0v) is 29.0. The predicted octanol–water partition coefficient (Wildman–Crippen LogP) is 7.57. The summed E-state index contributed by atoms with van der Waals surface area (Å²) in [5, 5.41) is 3.24. The lowest BCUT2D eigenvalue weighted by Gasteiger charge is -2.43. The van der Waals surface area contributed by atoms with Crippen LogP contribution in [0.15, 0.2) is 81.0 Å². The van der Waals surface area contributed by atoms with E-state index in [9.17, 15) is 32.3 Å². The average molecular weight is 791 g/mol. The lowest BCUT2D eigenvalue weighted by Crippen LogP contribution is -2.42. The number of alkyl halides is 3. The first kappa shape index (κ1) is 32.6. The van der Waals surface area contributed by atoms with Gasteiger partial charge in [-0.3, -0.25) is 24.1 Å². The maximum absolute atomic E-state index is 14.0. The third kappa shape index (κ3) is 5.42. The monoisotopic (exact) mass is 789 g/mol. The third-order valence-electron chi connectivity index (χ3n) is 9.98. The van der Waals surface area contributed by atoms with Gasteiger partial charge in [0.1, 0.15) is 5.75 Å². The highest BCUT2D eigenvalue weighted by Gasteiger charge is 2.70. The summed E-state index contributed by atoms with van der Waals surface area (Å²) in [6.07, 6.45) is -4.00. The Balaban J connectivity index is 1.12. The highest BCUT2D eigenvalue weighted by Crippen LogP contribution is 2.69. The van der Waals surface area contributed by atoms with Crippen LogP contribution in [0.5, 0.6) is 5.75 Å². The second-order valence-corrected chi connectivity index (χ2v) is 16.1. The minimum absolute atomic E-state index is 0.107. The summed E-state index contributed by atoms with van der Waals surface area (Å²) in [5.74, 6) is -2.94. The van der Waals surface area contributed by atoms with Gasteiger partial charge in [0.15, 0.2) is 6.61 Å². The van der Waals surface area contributed by atoms with Crippen molar-refractivity contribution < 1.29 is 32.3 Å². The van der Waals surface area contributed by atoms with Crippen molar-refractivity contribution in [2.45, 2.75) is 28.8 Å². The molecule has 2 aliphatic heterocycles. The Kier molecular flexibility index (Phi) is 8.00. The number of ether oxygens (including phenoxy) is 1. The molecular formula is C34H24BrClF3N3O5S2. The number of amides is 3. The highest BCUT2D eigenvalue weighted by atomic mass is 79.9. The number of thioether (sulfide) groups is 1. The van der Waals surface area contributed by atoms with Crippen LogP contribution >= 0.6 is 50.6 Å². The molecule has 15 heteroatoms. The lowest BCUT2D eigenvalue weighted by molar-refractivity contribution is -0.137. The number of nitrogens with one attached hydrogen (secondary N) is 2. The van der Waals surface area contributed by atoms with E-state index in [2.05, 4.69) is 26.2 Å². The van der Waals surface area contributed by atoms with E-state index in [1.165, 1.54) is 34.9 Å². The highest BCUT2D eigenvalue weighted by molar-refractivity contribution is 9.10. The first-order chi connectivity index (χ1) is 23.4. The van der Waals surface area contributed by atoms with Gasteiger partial charge in [0.2, 0.25) is 11.8 Å². The Morgan fingerprint density at radius 3 is 2.47 bits per heavy atom. The molecule has 2 saturated carbocycles. The molecule has 2 aliphatic carbocycles. The zero-order chi connectivity index (χ0) is 34.4. The number of aromatic nitrogens is 1. The molecule has 2 bridgehead atoms. The number of H-pyrrole nitrogens is 1. The van der Waals surface area contributed by atoms with Crippen LogP contribution in [0, 0.1) is 29.6 Å². The number of rotatable bonds is 6. The Morgan fingerprint density at radius 1 is 1.02 bits per heavy atom. The Hall–Kier alpha value is -3.59. The smallest absolute Gasteiger partial charge is 0.418 e. The molecule has 0 spiro atoms. The summed E-state index contributed by atoms with van der Waals surface area (Å²) in [7, 11) is 0. The molecule has 3 amide bonds. The van der Waals surface area contributed by atoms with E-state index in [-0.39, 0.29) is 45.4 Å². The third-order valence-corrected chi connectivity index (χ3v) is 13.3. The maximum Gasteiger partial charge on any atom is 0.418 e. The number of aromatic amines is 1. The topological polar surface area (TPSA) is 109 Å². The van der Waals surface area contributed by atoms with Gasteiger partial charge in [-0.1, -0.05) is 51.0 Å². The summed E-state index contributed by atoms with van der Waals surface area (Å²) < 4.78 is 47.4. The van der Waals surface area contributed by atoms with E-state index in [1.54, 1.807) is 42.5 Å². The number of benzene rings is 3. The summed E-state index contributed by atoms with van der Waals surface area (Å²) >= 11 is 12.5. The molecule has 7 atom stereocenters. The van der Waals surface area contributed by atoms with Crippen molar-refractivity contribution in [2.75, 3.05) is 16.8 Å². The molecule has 4 aromatic rings. The number of carbonyl (C=O) groups excluding carboxylic acids is 3.